The lowest BCUT2D eigenvalue weighted by Crippen LogP contribution is -2.33. The van der Waals surface area contributed by atoms with E-state index in [1.54, 1.807) is 17.5 Å². The predicted molar refractivity (Wildman–Crippen MR) is 108 cm³/mol. The molecule has 0 atom stereocenters. The van der Waals surface area contributed by atoms with Gasteiger partial charge in [0.1, 0.15) is 0 Å². The summed E-state index contributed by atoms with van der Waals surface area (Å²) in [6, 6.07) is 5.91. The summed E-state index contributed by atoms with van der Waals surface area (Å²) in [5, 5.41) is 4.25. The Kier molecular flexibility index (Phi) is 9.08. The topological polar surface area (TPSA) is 76.2 Å². The molecular weight excluding hydrogens is 421 g/mol. The number of aromatic nitrogens is 2. The van der Waals surface area contributed by atoms with Crippen molar-refractivity contribution in [1.82, 2.24) is 15.3 Å². The third-order valence-corrected chi connectivity index (χ3v) is 4.37. The molecule has 0 amide bonds. The lowest BCUT2D eigenvalue weighted by atomic mass is 10.3. The fourth-order valence-electron chi connectivity index (χ4n) is 2.12. The van der Waals surface area contributed by atoms with Crippen LogP contribution in [0.15, 0.2) is 29.4 Å². The highest BCUT2D eigenvalue weighted by atomic mass is 127. The molecule has 2 heterocycles. The molecule has 23 heavy (non-hydrogen) atoms. The first kappa shape index (κ1) is 19.8. The highest BCUT2D eigenvalue weighted by Gasteiger charge is 2.05. The van der Waals surface area contributed by atoms with Crippen LogP contribution in [0.1, 0.15) is 28.2 Å². The maximum atomic E-state index is 5.86. The molecule has 0 aliphatic heterocycles. The highest BCUT2D eigenvalue weighted by Crippen LogP contribution is 2.18. The zero-order valence-corrected chi connectivity index (χ0v) is 16.7. The number of guanidine groups is 1. The van der Waals surface area contributed by atoms with Gasteiger partial charge in [0.05, 0.1) is 10.7 Å². The van der Waals surface area contributed by atoms with Crippen LogP contribution in [0.3, 0.4) is 0 Å². The molecule has 3 N–H and O–H groups in total. The van der Waals surface area contributed by atoms with Crippen LogP contribution in [0.2, 0.25) is 0 Å². The third kappa shape index (κ3) is 6.82. The van der Waals surface area contributed by atoms with Gasteiger partial charge >= 0.3 is 0 Å². The van der Waals surface area contributed by atoms with Gasteiger partial charge in [-0.15, -0.1) is 35.3 Å². The molecule has 5 nitrogen and oxygen atoms in total. The first-order valence-electron chi connectivity index (χ1n) is 7.58. The van der Waals surface area contributed by atoms with E-state index in [2.05, 4.69) is 34.1 Å². The number of hydrogen-bond acceptors (Lipinski definition) is 4. The summed E-state index contributed by atoms with van der Waals surface area (Å²) in [4.78, 5) is 14.5. The van der Waals surface area contributed by atoms with Gasteiger partial charge in [-0.3, -0.25) is 9.98 Å². The molecule has 2 aromatic rings. The molecule has 7 heteroatoms. The Hall–Kier alpha value is -1.22. The number of nitrogens with one attached hydrogen (secondary N) is 1. The van der Waals surface area contributed by atoms with Crippen LogP contribution in [0.4, 0.5) is 0 Å². The van der Waals surface area contributed by atoms with Gasteiger partial charge in [-0.1, -0.05) is 13.0 Å². The minimum absolute atomic E-state index is 0. The minimum Gasteiger partial charge on any atom is -0.370 e. The Morgan fingerprint density at radius 1 is 1.35 bits per heavy atom. The second-order valence-corrected chi connectivity index (χ2v) is 6.27. The molecule has 0 aliphatic rings. The van der Waals surface area contributed by atoms with Crippen LogP contribution < -0.4 is 11.1 Å². The summed E-state index contributed by atoms with van der Waals surface area (Å²) >= 11 is 1.76. The van der Waals surface area contributed by atoms with Gasteiger partial charge in [-0.2, -0.15) is 0 Å². The Bertz CT molecular complexity index is 612. The molecule has 0 fully saturated rings. The van der Waals surface area contributed by atoms with Crippen LogP contribution in [-0.4, -0.2) is 29.0 Å². The number of hydrogen-bond donors (Lipinski definition) is 2. The minimum atomic E-state index is 0. The average Bonchev–Trinajstić information content (AvgIpc) is 2.88. The van der Waals surface area contributed by atoms with Crippen molar-refractivity contribution in [2.24, 2.45) is 10.7 Å². The van der Waals surface area contributed by atoms with E-state index >= 15 is 0 Å². The summed E-state index contributed by atoms with van der Waals surface area (Å²) in [6.07, 6.45) is 4.47. The normalized spacial score (nSPS) is 11.1. The fourth-order valence-corrected chi connectivity index (χ4v) is 3.13. The molecule has 2 aromatic heterocycles. The number of halogens is 1. The molecular formula is C16H24IN5S. The second-order valence-electron chi connectivity index (χ2n) is 4.98. The van der Waals surface area contributed by atoms with Crippen molar-refractivity contribution in [3.63, 3.8) is 0 Å². The van der Waals surface area contributed by atoms with Crippen molar-refractivity contribution in [2.45, 2.75) is 33.1 Å². The molecule has 0 saturated heterocycles. The standard InChI is InChI=1S/C16H23N5S.HI/c1-3-14-12(2)22-15(21-14)8-11-20-16(17)19-10-7-13-6-4-5-9-18-13;/h4-6,9H,3,7-8,10-11H2,1-2H3,(H3,17,19,20);1H. The van der Waals surface area contributed by atoms with Crippen molar-refractivity contribution in [3.05, 3.63) is 45.7 Å². The van der Waals surface area contributed by atoms with Gasteiger partial charge in [0, 0.05) is 42.7 Å². The largest absolute Gasteiger partial charge is 0.370 e. The number of aliphatic imine (C=N–C) groups is 1. The summed E-state index contributed by atoms with van der Waals surface area (Å²) < 4.78 is 0. The monoisotopic (exact) mass is 445 g/mol. The zero-order valence-electron chi connectivity index (χ0n) is 13.6. The van der Waals surface area contributed by atoms with E-state index in [0.717, 1.165) is 36.5 Å². The van der Waals surface area contributed by atoms with E-state index in [9.17, 15) is 0 Å². The van der Waals surface area contributed by atoms with E-state index in [1.807, 2.05) is 18.2 Å². The third-order valence-electron chi connectivity index (χ3n) is 3.29. The van der Waals surface area contributed by atoms with E-state index in [1.165, 1.54) is 10.6 Å². The molecule has 0 unspecified atom stereocenters. The number of rotatable bonds is 7. The first-order valence-corrected chi connectivity index (χ1v) is 8.39. The average molecular weight is 445 g/mol. The molecule has 0 aliphatic carbocycles. The molecule has 0 aromatic carbocycles. The van der Waals surface area contributed by atoms with Gasteiger partial charge in [0.25, 0.3) is 0 Å². The molecule has 0 bridgehead atoms. The van der Waals surface area contributed by atoms with E-state index in [-0.39, 0.29) is 24.0 Å². The summed E-state index contributed by atoms with van der Waals surface area (Å²) in [7, 11) is 0. The van der Waals surface area contributed by atoms with Crippen LogP contribution in [-0.2, 0) is 19.3 Å². The quantitative estimate of drug-likeness (QED) is 0.391. The second kappa shape index (κ2) is 10.5. The molecule has 0 radical (unpaired) electrons. The Balaban J connectivity index is 0.00000264. The number of pyridine rings is 1. The number of nitrogens with two attached hydrogens (primary N) is 1. The first-order chi connectivity index (χ1) is 10.7. The summed E-state index contributed by atoms with van der Waals surface area (Å²) in [5.41, 5.74) is 8.11. The maximum absolute atomic E-state index is 5.86. The van der Waals surface area contributed by atoms with E-state index in [4.69, 9.17) is 5.73 Å². The Labute approximate surface area is 158 Å². The number of nitrogens with zero attached hydrogens (tertiary/aromatic N) is 3. The molecule has 0 saturated carbocycles. The van der Waals surface area contributed by atoms with Crippen LogP contribution in [0.25, 0.3) is 0 Å². The van der Waals surface area contributed by atoms with Gasteiger partial charge in [0.2, 0.25) is 0 Å². The Morgan fingerprint density at radius 2 is 2.17 bits per heavy atom. The lowest BCUT2D eigenvalue weighted by molar-refractivity contribution is 0.824. The van der Waals surface area contributed by atoms with Crippen molar-refractivity contribution in [3.8, 4) is 0 Å². The zero-order chi connectivity index (χ0) is 15.8. The smallest absolute Gasteiger partial charge is 0.188 e. The van der Waals surface area contributed by atoms with Crippen molar-refractivity contribution < 1.29 is 0 Å². The fraction of sp³-hybridized carbons (Fsp3) is 0.438. The van der Waals surface area contributed by atoms with Crippen LogP contribution in [0, 0.1) is 6.92 Å². The van der Waals surface area contributed by atoms with Crippen LogP contribution in [0.5, 0.6) is 0 Å². The lowest BCUT2D eigenvalue weighted by Gasteiger charge is -2.04. The molecule has 126 valence electrons. The highest BCUT2D eigenvalue weighted by molar-refractivity contribution is 14.0. The predicted octanol–water partition coefficient (Wildman–Crippen LogP) is 2.72. The number of aryl methyl sites for hydroxylation is 2. The molecule has 2 rings (SSSR count). The van der Waals surface area contributed by atoms with Gasteiger partial charge in [0.15, 0.2) is 5.96 Å². The van der Waals surface area contributed by atoms with Gasteiger partial charge < -0.3 is 11.1 Å². The van der Waals surface area contributed by atoms with E-state index in [0.29, 0.717) is 12.5 Å². The summed E-state index contributed by atoms with van der Waals surface area (Å²) in [6.45, 7) is 5.66. The van der Waals surface area contributed by atoms with Crippen LogP contribution >= 0.6 is 35.3 Å². The van der Waals surface area contributed by atoms with Crippen molar-refractivity contribution >= 4 is 41.3 Å². The van der Waals surface area contributed by atoms with Crippen molar-refractivity contribution in [2.75, 3.05) is 13.1 Å². The SMILES string of the molecule is CCc1nc(CCN=C(N)NCCc2ccccn2)sc1C.I. The molecule has 0 spiro atoms. The van der Waals surface area contributed by atoms with Crippen molar-refractivity contribution in [1.29, 1.82) is 0 Å². The van der Waals surface area contributed by atoms with Gasteiger partial charge in [-0.25, -0.2) is 4.98 Å². The maximum Gasteiger partial charge on any atom is 0.188 e. The summed E-state index contributed by atoms with van der Waals surface area (Å²) in [5.74, 6) is 0.486. The van der Waals surface area contributed by atoms with Gasteiger partial charge in [-0.05, 0) is 25.5 Å². The number of thiazole rings is 1. The Morgan fingerprint density at radius 3 is 2.83 bits per heavy atom. The van der Waals surface area contributed by atoms with E-state index < -0.39 is 0 Å².